The lowest BCUT2D eigenvalue weighted by Gasteiger charge is -2.30. The molecule has 0 spiro atoms. The van der Waals surface area contributed by atoms with E-state index in [2.05, 4.69) is 17.3 Å². The number of nitrogens with two attached hydrogens (primary N) is 1. The first-order valence-corrected chi connectivity index (χ1v) is 6.89. The Morgan fingerprint density at radius 3 is 2.95 bits per heavy atom. The number of hydrogen-bond donors (Lipinski definition) is 2. The van der Waals surface area contributed by atoms with Gasteiger partial charge >= 0.3 is 0 Å². The number of aryl methyl sites for hydroxylation is 1. The number of nitrogens with one attached hydrogen (secondary N) is 1. The van der Waals surface area contributed by atoms with Crippen LogP contribution in [0.3, 0.4) is 0 Å². The topological polar surface area (TPSA) is 58.4 Å². The first kappa shape index (κ1) is 13.9. The molecular formula is C15H23N3O. The van der Waals surface area contributed by atoms with Gasteiger partial charge in [-0.3, -0.25) is 4.79 Å². The lowest BCUT2D eigenvalue weighted by molar-refractivity contribution is 0.1000. The molecule has 0 bridgehead atoms. The maximum atomic E-state index is 11.1. The smallest absolute Gasteiger partial charge is 0.248 e. The molecule has 104 valence electrons. The molecular weight excluding hydrogens is 238 g/mol. The maximum absolute atomic E-state index is 11.1. The molecule has 1 heterocycles. The van der Waals surface area contributed by atoms with Crippen molar-refractivity contribution in [1.29, 1.82) is 0 Å². The first-order chi connectivity index (χ1) is 9.06. The van der Waals surface area contributed by atoms with Crippen molar-refractivity contribution in [3.05, 3.63) is 29.3 Å². The fourth-order valence-electron chi connectivity index (χ4n) is 2.71. The highest BCUT2D eigenvalue weighted by molar-refractivity contribution is 5.93. The highest BCUT2D eigenvalue weighted by atomic mass is 16.1. The van der Waals surface area contributed by atoms with Crippen LogP contribution in [0, 0.1) is 12.8 Å². The Balaban J connectivity index is 1.94. The van der Waals surface area contributed by atoms with Crippen LogP contribution in [-0.2, 0) is 0 Å². The molecule has 4 heteroatoms. The van der Waals surface area contributed by atoms with E-state index < -0.39 is 0 Å². The third-order valence-corrected chi connectivity index (χ3v) is 3.81. The molecule has 1 aliphatic heterocycles. The third-order valence-electron chi connectivity index (χ3n) is 3.81. The van der Waals surface area contributed by atoms with E-state index >= 15 is 0 Å². The zero-order chi connectivity index (χ0) is 13.8. The summed E-state index contributed by atoms with van der Waals surface area (Å²) >= 11 is 0. The molecule has 1 amide bonds. The Kier molecular flexibility index (Phi) is 4.43. The summed E-state index contributed by atoms with van der Waals surface area (Å²) in [6, 6.07) is 5.57. The molecule has 1 atom stereocenters. The van der Waals surface area contributed by atoms with Gasteiger partial charge in [-0.25, -0.2) is 0 Å². The van der Waals surface area contributed by atoms with E-state index in [1.807, 2.05) is 19.1 Å². The Hall–Kier alpha value is -1.55. The van der Waals surface area contributed by atoms with Gasteiger partial charge in [-0.1, -0.05) is 0 Å². The highest BCUT2D eigenvalue weighted by Crippen LogP contribution is 2.19. The van der Waals surface area contributed by atoms with E-state index in [1.54, 1.807) is 6.07 Å². The average molecular weight is 261 g/mol. The fraction of sp³-hybridized carbons (Fsp3) is 0.533. The van der Waals surface area contributed by atoms with Crippen molar-refractivity contribution in [2.75, 3.05) is 32.0 Å². The molecule has 1 aromatic carbocycles. The molecule has 0 aliphatic carbocycles. The van der Waals surface area contributed by atoms with Crippen molar-refractivity contribution in [3.63, 3.8) is 0 Å². The number of nitrogens with zero attached hydrogens (tertiary/aromatic N) is 1. The number of amides is 1. The lowest BCUT2D eigenvalue weighted by Crippen LogP contribution is -2.35. The van der Waals surface area contributed by atoms with Gasteiger partial charge in [-0.2, -0.15) is 0 Å². The van der Waals surface area contributed by atoms with Crippen molar-refractivity contribution >= 4 is 11.6 Å². The molecule has 0 radical (unpaired) electrons. The van der Waals surface area contributed by atoms with Crippen LogP contribution in [0.4, 0.5) is 5.69 Å². The Labute approximate surface area is 115 Å². The second-order valence-electron chi connectivity index (χ2n) is 5.55. The van der Waals surface area contributed by atoms with Gasteiger partial charge < -0.3 is 16.0 Å². The first-order valence-electron chi connectivity index (χ1n) is 6.89. The Morgan fingerprint density at radius 2 is 2.32 bits per heavy atom. The van der Waals surface area contributed by atoms with Gasteiger partial charge in [0.15, 0.2) is 0 Å². The van der Waals surface area contributed by atoms with Crippen molar-refractivity contribution in [3.8, 4) is 0 Å². The van der Waals surface area contributed by atoms with E-state index in [0.29, 0.717) is 11.5 Å². The second-order valence-corrected chi connectivity index (χ2v) is 5.55. The molecule has 1 aliphatic rings. The molecule has 0 saturated carbocycles. The summed E-state index contributed by atoms with van der Waals surface area (Å²) in [5.41, 5.74) is 8.01. The second kappa shape index (κ2) is 6.06. The number of anilines is 1. The number of primary amides is 1. The molecule has 19 heavy (non-hydrogen) atoms. The molecule has 1 aromatic rings. The number of carbonyl (C=O) groups is 1. The van der Waals surface area contributed by atoms with Crippen LogP contribution in [0.1, 0.15) is 28.8 Å². The standard InChI is InChI=1S/C15H23N3O/c1-11-8-13(15(16)19)5-6-14(11)17-9-12-4-3-7-18(2)10-12/h5-6,8,12,17H,3-4,7,9-10H2,1-2H3,(H2,16,19). The zero-order valence-electron chi connectivity index (χ0n) is 11.8. The minimum atomic E-state index is -0.372. The molecule has 1 saturated heterocycles. The summed E-state index contributed by atoms with van der Waals surface area (Å²) in [5.74, 6) is 0.331. The van der Waals surface area contributed by atoms with Gasteiger partial charge in [0, 0.05) is 24.3 Å². The molecule has 2 rings (SSSR count). The van der Waals surface area contributed by atoms with Crippen molar-refractivity contribution in [2.45, 2.75) is 19.8 Å². The molecule has 1 unspecified atom stereocenters. The Bertz CT molecular complexity index is 459. The Morgan fingerprint density at radius 1 is 1.53 bits per heavy atom. The van der Waals surface area contributed by atoms with Gasteiger partial charge in [0.05, 0.1) is 0 Å². The van der Waals surface area contributed by atoms with Gasteiger partial charge in [-0.05, 0) is 63.0 Å². The van der Waals surface area contributed by atoms with E-state index in [1.165, 1.54) is 19.4 Å². The normalized spacial score (nSPS) is 20.2. The van der Waals surface area contributed by atoms with Crippen LogP contribution in [0.25, 0.3) is 0 Å². The van der Waals surface area contributed by atoms with Gasteiger partial charge in [-0.15, -0.1) is 0 Å². The molecule has 3 N–H and O–H groups in total. The number of carbonyl (C=O) groups excluding carboxylic acids is 1. The van der Waals surface area contributed by atoms with E-state index in [4.69, 9.17) is 5.73 Å². The number of hydrogen-bond acceptors (Lipinski definition) is 3. The van der Waals surface area contributed by atoms with Crippen LogP contribution in [0.2, 0.25) is 0 Å². The van der Waals surface area contributed by atoms with Crippen LogP contribution < -0.4 is 11.1 Å². The highest BCUT2D eigenvalue weighted by Gasteiger charge is 2.17. The predicted octanol–water partition coefficient (Wildman–Crippen LogP) is 1.85. The number of benzene rings is 1. The minimum absolute atomic E-state index is 0.372. The van der Waals surface area contributed by atoms with Crippen LogP contribution >= 0.6 is 0 Å². The van der Waals surface area contributed by atoms with E-state index in [9.17, 15) is 4.79 Å². The monoisotopic (exact) mass is 261 g/mol. The molecule has 4 nitrogen and oxygen atoms in total. The fourth-order valence-corrected chi connectivity index (χ4v) is 2.71. The zero-order valence-corrected chi connectivity index (χ0v) is 11.8. The summed E-state index contributed by atoms with van der Waals surface area (Å²) in [4.78, 5) is 13.5. The van der Waals surface area contributed by atoms with Crippen LogP contribution in [-0.4, -0.2) is 37.5 Å². The third kappa shape index (κ3) is 3.70. The summed E-state index contributed by atoms with van der Waals surface area (Å²) in [7, 11) is 2.18. The molecule has 0 aromatic heterocycles. The summed E-state index contributed by atoms with van der Waals surface area (Å²) in [5, 5.41) is 3.49. The number of rotatable bonds is 4. The quantitative estimate of drug-likeness (QED) is 0.869. The number of piperidine rings is 1. The minimum Gasteiger partial charge on any atom is -0.385 e. The van der Waals surface area contributed by atoms with Gasteiger partial charge in [0.2, 0.25) is 5.91 Å². The van der Waals surface area contributed by atoms with E-state index in [-0.39, 0.29) is 5.91 Å². The lowest BCUT2D eigenvalue weighted by atomic mass is 9.98. The molecule has 1 fully saturated rings. The van der Waals surface area contributed by atoms with Gasteiger partial charge in [0.25, 0.3) is 0 Å². The van der Waals surface area contributed by atoms with E-state index in [0.717, 1.165) is 24.3 Å². The SMILES string of the molecule is Cc1cc(C(N)=O)ccc1NCC1CCCN(C)C1. The summed E-state index contributed by atoms with van der Waals surface area (Å²) in [6.45, 7) is 5.36. The van der Waals surface area contributed by atoms with Crippen LogP contribution in [0.15, 0.2) is 18.2 Å². The van der Waals surface area contributed by atoms with Crippen LogP contribution in [0.5, 0.6) is 0 Å². The maximum Gasteiger partial charge on any atom is 0.248 e. The summed E-state index contributed by atoms with van der Waals surface area (Å²) in [6.07, 6.45) is 2.57. The largest absolute Gasteiger partial charge is 0.385 e. The van der Waals surface area contributed by atoms with Crippen molar-refractivity contribution in [2.24, 2.45) is 11.7 Å². The van der Waals surface area contributed by atoms with Crippen molar-refractivity contribution in [1.82, 2.24) is 4.90 Å². The average Bonchev–Trinajstić information content (AvgIpc) is 2.37. The summed E-state index contributed by atoms with van der Waals surface area (Å²) < 4.78 is 0. The van der Waals surface area contributed by atoms with Crippen molar-refractivity contribution < 1.29 is 4.79 Å². The number of likely N-dealkylation sites (tertiary alicyclic amines) is 1. The predicted molar refractivity (Wildman–Crippen MR) is 78.4 cm³/mol. The van der Waals surface area contributed by atoms with Gasteiger partial charge in [0.1, 0.15) is 0 Å².